The molecule has 0 saturated carbocycles. The summed E-state index contributed by atoms with van der Waals surface area (Å²) in [5, 5.41) is 5.95. The number of rotatable bonds is 7. The second-order valence-electron chi connectivity index (χ2n) is 8.60. The number of benzene rings is 2. The van der Waals surface area contributed by atoms with Crippen molar-refractivity contribution in [2.45, 2.75) is 32.7 Å². The predicted octanol–water partition coefficient (Wildman–Crippen LogP) is 3.44. The van der Waals surface area contributed by atoms with Gasteiger partial charge in [0.15, 0.2) is 0 Å². The zero-order valence-corrected chi connectivity index (χ0v) is 19.2. The van der Waals surface area contributed by atoms with Crippen LogP contribution in [0.1, 0.15) is 48.7 Å². The lowest BCUT2D eigenvalue weighted by molar-refractivity contribution is -0.120. The third kappa shape index (κ3) is 5.34. The fourth-order valence-electron chi connectivity index (χ4n) is 3.91. The minimum absolute atomic E-state index is 0.0446. The Balaban J connectivity index is 2.04. The van der Waals surface area contributed by atoms with Crippen LogP contribution in [0.5, 0.6) is 0 Å². The van der Waals surface area contributed by atoms with Gasteiger partial charge in [-0.05, 0) is 36.7 Å². The van der Waals surface area contributed by atoms with Crippen LogP contribution in [0.2, 0.25) is 0 Å². The molecular formula is C25H32N4O3. The molecule has 2 aromatic carbocycles. The van der Waals surface area contributed by atoms with Crippen molar-refractivity contribution in [1.29, 1.82) is 0 Å². The van der Waals surface area contributed by atoms with E-state index in [1.165, 1.54) is 0 Å². The summed E-state index contributed by atoms with van der Waals surface area (Å²) in [6.45, 7) is 5.24. The topological polar surface area (TPSA) is 81.8 Å². The zero-order valence-electron chi connectivity index (χ0n) is 19.2. The van der Waals surface area contributed by atoms with Gasteiger partial charge in [-0.3, -0.25) is 14.4 Å². The van der Waals surface area contributed by atoms with E-state index >= 15 is 0 Å². The first-order chi connectivity index (χ1) is 15.3. The molecule has 1 aliphatic rings. The minimum Gasteiger partial charge on any atom is -0.340 e. The van der Waals surface area contributed by atoms with Gasteiger partial charge in [0.1, 0.15) is 0 Å². The Morgan fingerprint density at radius 3 is 2.56 bits per heavy atom. The molecule has 0 spiro atoms. The Morgan fingerprint density at radius 2 is 1.91 bits per heavy atom. The minimum atomic E-state index is -0.413. The summed E-state index contributed by atoms with van der Waals surface area (Å²) in [4.78, 5) is 42.4. The highest BCUT2D eigenvalue weighted by atomic mass is 16.2. The molecule has 3 amide bonds. The number of likely N-dealkylation sites (N-methyl/N-ethyl adjacent to an activating group) is 2. The Hall–Kier alpha value is -3.19. The summed E-state index contributed by atoms with van der Waals surface area (Å²) in [5.74, 6) is -0.193. The van der Waals surface area contributed by atoms with Gasteiger partial charge in [0.25, 0.3) is 5.91 Å². The number of amides is 3. The van der Waals surface area contributed by atoms with E-state index in [2.05, 4.69) is 10.6 Å². The van der Waals surface area contributed by atoms with E-state index < -0.39 is 6.04 Å². The van der Waals surface area contributed by atoms with Gasteiger partial charge in [0.05, 0.1) is 23.8 Å². The molecule has 0 aromatic heterocycles. The zero-order chi connectivity index (χ0) is 23.3. The number of anilines is 2. The van der Waals surface area contributed by atoms with Crippen LogP contribution in [-0.4, -0.2) is 49.8 Å². The fourth-order valence-corrected chi connectivity index (χ4v) is 3.91. The first-order valence-corrected chi connectivity index (χ1v) is 11.0. The highest BCUT2D eigenvalue weighted by Crippen LogP contribution is 2.39. The summed E-state index contributed by atoms with van der Waals surface area (Å²) in [6.07, 6.45) is 0.512. The largest absolute Gasteiger partial charge is 0.340 e. The molecule has 0 aliphatic carbocycles. The molecule has 1 atom stereocenters. The third-order valence-corrected chi connectivity index (χ3v) is 5.55. The standard InChI is InChI=1S/C25H32N4O3/c1-17(2)14-24(31)29-21-11-10-19(25(32)28(4)13-12-26-3)15-20(21)27-23(30)16-22(29)18-8-6-5-7-9-18/h5-11,15,17,22,26H,12-14,16H2,1-4H3,(H,27,30). The molecule has 0 bridgehead atoms. The highest BCUT2D eigenvalue weighted by molar-refractivity contribution is 6.06. The second-order valence-corrected chi connectivity index (χ2v) is 8.60. The number of fused-ring (bicyclic) bond motifs is 1. The van der Waals surface area contributed by atoms with Crippen LogP contribution in [0.4, 0.5) is 11.4 Å². The lowest BCUT2D eigenvalue weighted by Gasteiger charge is -2.31. The SMILES string of the molecule is CNCCN(C)C(=O)c1ccc2c(c1)NC(=O)CC(c1ccccc1)N2C(=O)CC(C)C. The average Bonchev–Trinajstić information content (AvgIpc) is 2.92. The molecule has 170 valence electrons. The normalized spacial score (nSPS) is 15.7. The van der Waals surface area contributed by atoms with Crippen molar-refractivity contribution < 1.29 is 14.4 Å². The van der Waals surface area contributed by atoms with Crippen molar-refractivity contribution in [1.82, 2.24) is 10.2 Å². The summed E-state index contributed by atoms with van der Waals surface area (Å²) >= 11 is 0. The predicted molar refractivity (Wildman–Crippen MR) is 127 cm³/mol. The van der Waals surface area contributed by atoms with Crippen LogP contribution in [0, 0.1) is 5.92 Å². The van der Waals surface area contributed by atoms with Gasteiger partial charge >= 0.3 is 0 Å². The van der Waals surface area contributed by atoms with Crippen LogP contribution < -0.4 is 15.5 Å². The van der Waals surface area contributed by atoms with Gasteiger partial charge in [-0.2, -0.15) is 0 Å². The molecular weight excluding hydrogens is 404 g/mol. The fraction of sp³-hybridized carbons (Fsp3) is 0.400. The molecule has 7 heteroatoms. The first-order valence-electron chi connectivity index (χ1n) is 11.0. The van der Waals surface area contributed by atoms with E-state index in [-0.39, 0.29) is 30.1 Å². The van der Waals surface area contributed by atoms with Gasteiger partial charge in [0, 0.05) is 32.1 Å². The van der Waals surface area contributed by atoms with E-state index in [1.54, 1.807) is 35.0 Å². The van der Waals surface area contributed by atoms with E-state index in [0.29, 0.717) is 36.4 Å². The molecule has 3 rings (SSSR count). The number of hydrogen-bond acceptors (Lipinski definition) is 4. The number of carbonyl (C=O) groups excluding carboxylic acids is 3. The summed E-state index contributed by atoms with van der Waals surface area (Å²) in [6, 6.07) is 14.4. The van der Waals surface area contributed by atoms with Gasteiger partial charge in [-0.25, -0.2) is 0 Å². The Labute approximate surface area is 189 Å². The maximum Gasteiger partial charge on any atom is 0.253 e. The van der Waals surface area contributed by atoms with E-state index in [1.807, 2.05) is 51.2 Å². The van der Waals surface area contributed by atoms with Crippen LogP contribution in [0.25, 0.3) is 0 Å². The van der Waals surface area contributed by atoms with E-state index in [0.717, 1.165) is 5.56 Å². The van der Waals surface area contributed by atoms with Crippen molar-refractivity contribution in [2.24, 2.45) is 5.92 Å². The second kappa shape index (κ2) is 10.4. The molecule has 1 heterocycles. The lowest BCUT2D eigenvalue weighted by atomic mass is 9.99. The van der Waals surface area contributed by atoms with Crippen molar-refractivity contribution in [3.05, 3.63) is 59.7 Å². The van der Waals surface area contributed by atoms with Crippen LogP contribution >= 0.6 is 0 Å². The molecule has 1 unspecified atom stereocenters. The van der Waals surface area contributed by atoms with Gasteiger partial charge in [-0.15, -0.1) is 0 Å². The van der Waals surface area contributed by atoms with Crippen LogP contribution in [0.3, 0.4) is 0 Å². The van der Waals surface area contributed by atoms with E-state index in [4.69, 9.17) is 0 Å². The average molecular weight is 437 g/mol. The molecule has 1 aliphatic heterocycles. The van der Waals surface area contributed by atoms with Crippen molar-refractivity contribution in [3.8, 4) is 0 Å². The van der Waals surface area contributed by atoms with Crippen molar-refractivity contribution in [2.75, 3.05) is 37.4 Å². The molecule has 2 N–H and O–H groups in total. The van der Waals surface area contributed by atoms with Crippen LogP contribution in [0.15, 0.2) is 48.5 Å². The Kier molecular flexibility index (Phi) is 7.64. The molecule has 0 fully saturated rings. The van der Waals surface area contributed by atoms with Crippen molar-refractivity contribution >= 4 is 29.1 Å². The first kappa shape index (κ1) is 23.5. The quantitative estimate of drug-likeness (QED) is 0.697. The van der Waals surface area contributed by atoms with Gasteiger partial charge in [-0.1, -0.05) is 44.2 Å². The summed E-state index contributed by atoms with van der Waals surface area (Å²) < 4.78 is 0. The maximum absolute atomic E-state index is 13.4. The van der Waals surface area contributed by atoms with Gasteiger partial charge < -0.3 is 20.4 Å². The third-order valence-electron chi connectivity index (χ3n) is 5.55. The lowest BCUT2D eigenvalue weighted by Crippen LogP contribution is -2.36. The maximum atomic E-state index is 13.4. The highest BCUT2D eigenvalue weighted by Gasteiger charge is 2.34. The van der Waals surface area contributed by atoms with E-state index in [9.17, 15) is 14.4 Å². The number of hydrogen-bond donors (Lipinski definition) is 2. The Bertz CT molecular complexity index is 974. The monoisotopic (exact) mass is 436 g/mol. The smallest absolute Gasteiger partial charge is 0.253 e. The number of nitrogens with zero attached hydrogens (tertiary/aromatic N) is 2. The molecule has 0 saturated heterocycles. The summed E-state index contributed by atoms with van der Waals surface area (Å²) in [7, 11) is 3.58. The molecule has 0 radical (unpaired) electrons. The molecule has 7 nitrogen and oxygen atoms in total. The Morgan fingerprint density at radius 1 is 1.19 bits per heavy atom. The summed E-state index contributed by atoms with van der Waals surface area (Å²) in [5.41, 5.74) is 2.47. The molecule has 32 heavy (non-hydrogen) atoms. The number of carbonyl (C=O) groups is 3. The molecule has 2 aromatic rings. The van der Waals surface area contributed by atoms with Gasteiger partial charge in [0.2, 0.25) is 11.8 Å². The number of nitrogens with one attached hydrogen (secondary N) is 2. The van der Waals surface area contributed by atoms with Crippen LogP contribution in [-0.2, 0) is 9.59 Å². The van der Waals surface area contributed by atoms with Crippen molar-refractivity contribution in [3.63, 3.8) is 0 Å².